The fourth-order valence-electron chi connectivity index (χ4n) is 10.4. The zero-order valence-electron chi connectivity index (χ0n) is 58.5. The molecule has 0 bridgehead atoms. The lowest BCUT2D eigenvalue weighted by molar-refractivity contribution is -0.161. The van der Waals surface area contributed by atoms with Crippen LogP contribution in [0.5, 0.6) is 0 Å². The molecule has 19 heteroatoms. The van der Waals surface area contributed by atoms with Crippen molar-refractivity contribution in [2.45, 2.75) is 368 Å². The molecule has 0 aromatic carbocycles. The third-order valence-electron chi connectivity index (χ3n) is 16.5. The van der Waals surface area contributed by atoms with E-state index < -0.39 is 97.5 Å². The standard InChI is InChI=1S/C72H136O17P2/c1-6-10-13-16-19-22-24-26-28-30-32-38-43-48-53-58-72(77)89-68(62-83-70(75)56-51-46-41-36-34-33-35-39-44-49-54-65(5)9-4)64-87-91(80,81)85-60-66(73)59-84-90(78,79)86-63-67(61-82-69(74)55-50-45-40-21-18-15-12-8-3)88-71(76)57-52-47-42-37-31-29-27-25-23-20-17-14-11-7-2/h22,24,26,28,65-68,73H,6-21,23,25,27,29-64H2,1-5H3,(H,78,79)(H,80,81)/b24-22-,28-26-/t65?,66-,67+,68+/m0/s1. The lowest BCUT2D eigenvalue weighted by Crippen LogP contribution is -2.30. The first-order chi connectivity index (χ1) is 44.1. The SMILES string of the molecule is CCCCCC/C=C\C=C/CCCCCCCC(=O)O[C@H](COC(=O)CCCCCCCCCCCCC(C)CC)COP(=O)(O)OC[C@@H](O)COP(=O)(O)OC[C@@H](COC(=O)CCCCCCCCCC)OC(=O)CCCCCCCCCCCCCCCC. The molecule has 91 heavy (non-hydrogen) atoms. The van der Waals surface area contributed by atoms with E-state index in [1.807, 2.05) is 0 Å². The summed E-state index contributed by atoms with van der Waals surface area (Å²) in [5.41, 5.74) is 0. The van der Waals surface area contributed by atoms with E-state index in [9.17, 15) is 43.2 Å². The Hall–Kier alpha value is -2.46. The van der Waals surface area contributed by atoms with Gasteiger partial charge in [0, 0.05) is 25.7 Å². The summed E-state index contributed by atoms with van der Waals surface area (Å²) in [6.45, 7) is 7.20. The smallest absolute Gasteiger partial charge is 0.462 e. The summed E-state index contributed by atoms with van der Waals surface area (Å²) in [5, 5.41) is 10.6. The van der Waals surface area contributed by atoms with Gasteiger partial charge in [-0.1, -0.05) is 296 Å². The van der Waals surface area contributed by atoms with Crippen LogP contribution >= 0.6 is 15.6 Å². The summed E-state index contributed by atoms with van der Waals surface area (Å²) >= 11 is 0. The minimum absolute atomic E-state index is 0.0851. The largest absolute Gasteiger partial charge is 0.472 e. The lowest BCUT2D eigenvalue weighted by atomic mass is 9.99. The van der Waals surface area contributed by atoms with E-state index in [2.05, 4.69) is 58.9 Å². The van der Waals surface area contributed by atoms with Gasteiger partial charge in [0.25, 0.3) is 0 Å². The first-order valence-corrected chi connectivity index (χ1v) is 40.0. The highest BCUT2D eigenvalue weighted by Crippen LogP contribution is 2.45. The van der Waals surface area contributed by atoms with Crippen LogP contribution in [0.4, 0.5) is 0 Å². The highest BCUT2D eigenvalue weighted by atomic mass is 31.2. The minimum Gasteiger partial charge on any atom is -0.462 e. The molecule has 0 fully saturated rings. The van der Waals surface area contributed by atoms with Crippen molar-refractivity contribution < 1.29 is 80.2 Å². The van der Waals surface area contributed by atoms with Crippen molar-refractivity contribution in [3.8, 4) is 0 Å². The predicted octanol–water partition coefficient (Wildman–Crippen LogP) is 20.5. The van der Waals surface area contributed by atoms with E-state index in [4.69, 9.17) is 37.0 Å². The van der Waals surface area contributed by atoms with E-state index in [0.717, 1.165) is 115 Å². The number of carbonyl (C=O) groups is 4. The van der Waals surface area contributed by atoms with Gasteiger partial charge in [0.05, 0.1) is 26.4 Å². The number of esters is 4. The van der Waals surface area contributed by atoms with Crippen molar-refractivity contribution in [3.63, 3.8) is 0 Å². The van der Waals surface area contributed by atoms with E-state index in [-0.39, 0.29) is 25.7 Å². The molecule has 0 aliphatic heterocycles. The van der Waals surface area contributed by atoms with Crippen LogP contribution in [-0.4, -0.2) is 96.7 Å². The molecule has 0 spiro atoms. The number of hydrogen-bond donors (Lipinski definition) is 3. The number of allylic oxidation sites excluding steroid dienone is 4. The van der Waals surface area contributed by atoms with E-state index in [1.165, 1.54) is 154 Å². The van der Waals surface area contributed by atoms with Crippen LogP contribution in [0.3, 0.4) is 0 Å². The number of hydrogen-bond acceptors (Lipinski definition) is 15. The van der Waals surface area contributed by atoms with Crippen molar-refractivity contribution in [1.29, 1.82) is 0 Å². The zero-order chi connectivity index (χ0) is 67.0. The number of unbranched alkanes of at least 4 members (excludes halogenated alkanes) is 38. The van der Waals surface area contributed by atoms with Gasteiger partial charge in [0.1, 0.15) is 19.3 Å². The van der Waals surface area contributed by atoms with Gasteiger partial charge in [-0.3, -0.25) is 37.3 Å². The predicted molar refractivity (Wildman–Crippen MR) is 368 cm³/mol. The van der Waals surface area contributed by atoms with Gasteiger partial charge in [0.15, 0.2) is 12.2 Å². The van der Waals surface area contributed by atoms with E-state index in [0.29, 0.717) is 25.7 Å². The van der Waals surface area contributed by atoms with Crippen LogP contribution in [0.1, 0.15) is 349 Å². The Morgan fingerprint density at radius 1 is 0.352 bits per heavy atom. The number of aliphatic hydroxyl groups excluding tert-OH is 1. The first-order valence-electron chi connectivity index (χ1n) is 37.0. The number of aliphatic hydroxyl groups is 1. The summed E-state index contributed by atoms with van der Waals surface area (Å²) in [7, 11) is -9.91. The van der Waals surface area contributed by atoms with Crippen molar-refractivity contribution in [2.75, 3.05) is 39.6 Å². The molecule has 0 saturated heterocycles. The molecule has 0 rings (SSSR count). The van der Waals surface area contributed by atoms with Gasteiger partial charge in [-0.05, 0) is 57.3 Å². The van der Waals surface area contributed by atoms with Crippen molar-refractivity contribution >= 4 is 39.5 Å². The fraction of sp³-hybridized carbons (Fsp3) is 0.889. The van der Waals surface area contributed by atoms with Crippen molar-refractivity contribution in [3.05, 3.63) is 24.3 Å². The minimum atomic E-state index is -4.96. The fourth-order valence-corrected chi connectivity index (χ4v) is 12.0. The van der Waals surface area contributed by atoms with Gasteiger partial charge < -0.3 is 33.8 Å². The quantitative estimate of drug-likeness (QED) is 0.0169. The molecule has 0 radical (unpaired) electrons. The summed E-state index contributed by atoms with van der Waals surface area (Å²) < 4.78 is 68.3. The molecule has 6 atom stereocenters. The summed E-state index contributed by atoms with van der Waals surface area (Å²) in [4.78, 5) is 72.5. The Morgan fingerprint density at radius 2 is 0.615 bits per heavy atom. The first kappa shape index (κ1) is 88.5. The van der Waals surface area contributed by atoms with Crippen molar-refractivity contribution in [2.24, 2.45) is 5.92 Å². The molecule has 0 heterocycles. The Kier molecular flexibility index (Phi) is 63.1. The van der Waals surface area contributed by atoms with Crippen molar-refractivity contribution in [1.82, 2.24) is 0 Å². The molecule has 536 valence electrons. The maximum atomic E-state index is 13.0. The number of rotatable bonds is 70. The monoisotopic (exact) mass is 1330 g/mol. The molecule has 0 aromatic rings. The Bertz CT molecular complexity index is 1850. The average Bonchev–Trinajstić information content (AvgIpc) is 3.64. The summed E-state index contributed by atoms with van der Waals surface area (Å²) in [5.74, 6) is -1.34. The third-order valence-corrected chi connectivity index (χ3v) is 18.4. The molecular weight excluding hydrogens is 1200 g/mol. The summed E-state index contributed by atoms with van der Waals surface area (Å²) in [6, 6.07) is 0. The third kappa shape index (κ3) is 64.6. The number of phosphoric ester groups is 2. The lowest BCUT2D eigenvalue weighted by Gasteiger charge is -2.21. The average molecular weight is 1340 g/mol. The van der Waals surface area contributed by atoms with Crippen LogP contribution in [0.25, 0.3) is 0 Å². The highest BCUT2D eigenvalue weighted by Gasteiger charge is 2.30. The van der Waals surface area contributed by atoms with Gasteiger partial charge >= 0.3 is 39.5 Å². The maximum Gasteiger partial charge on any atom is 0.472 e. The molecule has 0 aliphatic carbocycles. The van der Waals surface area contributed by atoms with Crippen LogP contribution < -0.4 is 0 Å². The molecule has 0 aliphatic rings. The maximum absolute atomic E-state index is 13.0. The number of ether oxygens (including phenoxy) is 4. The summed E-state index contributed by atoms with van der Waals surface area (Å²) in [6.07, 6.45) is 54.8. The number of carbonyl (C=O) groups excluding carboxylic acids is 4. The second-order valence-corrected chi connectivity index (χ2v) is 28.4. The van der Waals surface area contributed by atoms with E-state index >= 15 is 0 Å². The van der Waals surface area contributed by atoms with Crippen LogP contribution in [0.2, 0.25) is 0 Å². The van der Waals surface area contributed by atoms with Crippen LogP contribution in [0, 0.1) is 5.92 Å². The normalized spacial score (nSPS) is 14.5. The Labute approximate surface area is 554 Å². The van der Waals surface area contributed by atoms with Crippen LogP contribution in [-0.2, 0) is 65.4 Å². The Morgan fingerprint density at radius 3 is 0.934 bits per heavy atom. The number of phosphoric acid groups is 2. The molecule has 0 saturated carbocycles. The van der Waals surface area contributed by atoms with E-state index in [1.54, 1.807) is 0 Å². The molecule has 17 nitrogen and oxygen atoms in total. The van der Waals surface area contributed by atoms with Gasteiger partial charge in [-0.15, -0.1) is 0 Å². The van der Waals surface area contributed by atoms with Crippen LogP contribution in [0.15, 0.2) is 24.3 Å². The Balaban J connectivity index is 5.27. The van der Waals surface area contributed by atoms with Gasteiger partial charge in [0.2, 0.25) is 0 Å². The van der Waals surface area contributed by atoms with Gasteiger partial charge in [-0.25, -0.2) is 9.13 Å². The molecular formula is C72H136O17P2. The highest BCUT2D eigenvalue weighted by molar-refractivity contribution is 7.47. The molecule has 3 N–H and O–H groups in total. The van der Waals surface area contributed by atoms with Gasteiger partial charge in [-0.2, -0.15) is 0 Å². The topological polar surface area (TPSA) is 237 Å². The second kappa shape index (κ2) is 64.9. The molecule has 3 unspecified atom stereocenters. The molecule has 0 amide bonds. The zero-order valence-corrected chi connectivity index (χ0v) is 60.3. The second-order valence-electron chi connectivity index (χ2n) is 25.5. The molecule has 0 aromatic heterocycles.